The van der Waals surface area contributed by atoms with Gasteiger partial charge < -0.3 is 30.8 Å². The molecule has 1 aliphatic carbocycles. The third kappa shape index (κ3) is 3.22. The Morgan fingerprint density at radius 1 is 1.31 bits per heavy atom. The molecule has 1 saturated carbocycles. The van der Waals surface area contributed by atoms with Gasteiger partial charge in [-0.2, -0.15) is 0 Å². The number of phosphoric acid groups is 1. The first-order chi connectivity index (χ1) is 7.26. The van der Waals surface area contributed by atoms with Crippen molar-refractivity contribution in [2.75, 3.05) is 6.61 Å². The van der Waals surface area contributed by atoms with Crippen molar-refractivity contribution in [3.8, 4) is 0 Å². The highest BCUT2D eigenvalue weighted by molar-refractivity contribution is 7.46. The van der Waals surface area contributed by atoms with Crippen LogP contribution in [0.3, 0.4) is 0 Å². The Morgan fingerprint density at radius 3 is 2.31 bits per heavy atom. The van der Waals surface area contributed by atoms with Gasteiger partial charge in [0.2, 0.25) is 0 Å². The van der Waals surface area contributed by atoms with Gasteiger partial charge in [-0.1, -0.05) is 0 Å². The van der Waals surface area contributed by atoms with E-state index in [-0.39, 0.29) is 6.42 Å². The number of aliphatic hydroxyl groups excluding tert-OH is 3. The lowest BCUT2D eigenvalue weighted by Gasteiger charge is -2.40. The Hall–Kier alpha value is -0.0500. The first kappa shape index (κ1) is 14.0. The summed E-state index contributed by atoms with van der Waals surface area (Å²) in [4.78, 5) is 17.3. The summed E-state index contributed by atoms with van der Waals surface area (Å²) in [7, 11) is -4.71. The van der Waals surface area contributed by atoms with E-state index in [1.165, 1.54) is 0 Å². The van der Waals surface area contributed by atoms with E-state index in [0.29, 0.717) is 0 Å². The molecular weight excluding hydrogens is 241 g/mol. The smallest absolute Gasteiger partial charge is 0.396 e. The van der Waals surface area contributed by atoms with Crippen LogP contribution in [0.4, 0.5) is 0 Å². The zero-order valence-electron chi connectivity index (χ0n) is 8.38. The largest absolute Gasteiger partial charge is 0.469 e. The van der Waals surface area contributed by atoms with Gasteiger partial charge in [-0.05, 0) is 6.42 Å². The molecule has 1 aliphatic rings. The van der Waals surface area contributed by atoms with Crippen molar-refractivity contribution < 1.29 is 34.2 Å². The number of hydrogen-bond donors (Lipinski definition) is 6. The molecule has 0 spiro atoms. The van der Waals surface area contributed by atoms with E-state index in [4.69, 9.17) is 20.6 Å². The molecule has 0 aromatic heterocycles. The second-order valence-electron chi connectivity index (χ2n) is 3.87. The summed E-state index contributed by atoms with van der Waals surface area (Å²) < 4.78 is 15.0. The van der Waals surface area contributed by atoms with Crippen molar-refractivity contribution in [2.24, 2.45) is 11.7 Å². The van der Waals surface area contributed by atoms with Gasteiger partial charge in [-0.25, -0.2) is 4.57 Å². The average molecular weight is 257 g/mol. The molecule has 0 radical (unpaired) electrons. The zero-order valence-corrected chi connectivity index (χ0v) is 9.27. The van der Waals surface area contributed by atoms with Crippen LogP contribution in [0, 0.1) is 5.92 Å². The molecule has 0 bridgehead atoms. The van der Waals surface area contributed by atoms with Gasteiger partial charge in [0.1, 0.15) is 0 Å². The molecule has 7 N–H and O–H groups in total. The molecule has 16 heavy (non-hydrogen) atoms. The van der Waals surface area contributed by atoms with Crippen LogP contribution in [0.5, 0.6) is 0 Å². The van der Waals surface area contributed by atoms with Gasteiger partial charge in [0.05, 0.1) is 24.4 Å². The molecule has 5 atom stereocenters. The van der Waals surface area contributed by atoms with Crippen LogP contribution in [-0.4, -0.2) is 56.1 Å². The number of nitrogens with two attached hydrogens (primary N) is 1. The SMILES string of the molecule is NC1[C@@H](OP(=O)(O)O)CC(CO)[C@H](O)[C@@H]1O. The van der Waals surface area contributed by atoms with E-state index in [2.05, 4.69) is 4.52 Å². The Bertz CT molecular complexity index is 280. The van der Waals surface area contributed by atoms with E-state index < -0.39 is 44.7 Å². The number of aliphatic hydroxyl groups is 3. The molecule has 1 rings (SSSR count). The first-order valence-corrected chi connectivity index (χ1v) is 6.26. The van der Waals surface area contributed by atoms with Gasteiger partial charge >= 0.3 is 7.82 Å². The van der Waals surface area contributed by atoms with E-state index in [1.807, 2.05) is 0 Å². The topological polar surface area (TPSA) is 153 Å². The lowest BCUT2D eigenvalue weighted by Crippen LogP contribution is -2.58. The molecule has 0 heterocycles. The average Bonchev–Trinajstić information content (AvgIpc) is 2.17. The molecule has 0 aromatic rings. The lowest BCUT2D eigenvalue weighted by molar-refractivity contribution is -0.104. The maximum absolute atomic E-state index is 10.6. The predicted molar refractivity (Wildman–Crippen MR) is 52.1 cm³/mol. The van der Waals surface area contributed by atoms with Crippen LogP contribution in [0.1, 0.15) is 6.42 Å². The monoisotopic (exact) mass is 257 g/mol. The lowest BCUT2D eigenvalue weighted by atomic mass is 9.80. The van der Waals surface area contributed by atoms with Crippen LogP contribution < -0.4 is 5.73 Å². The molecule has 0 aromatic carbocycles. The molecule has 0 aliphatic heterocycles. The van der Waals surface area contributed by atoms with Crippen molar-refractivity contribution in [1.82, 2.24) is 0 Å². The fourth-order valence-electron chi connectivity index (χ4n) is 1.79. The zero-order chi connectivity index (χ0) is 12.5. The maximum atomic E-state index is 10.6. The molecule has 0 saturated heterocycles. The van der Waals surface area contributed by atoms with Gasteiger partial charge in [0.25, 0.3) is 0 Å². The minimum absolute atomic E-state index is 0.0268. The summed E-state index contributed by atoms with van der Waals surface area (Å²) in [5.74, 6) is -0.716. The van der Waals surface area contributed by atoms with Crippen molar-refractivity contribution in [2.45, 2.75) is 30.8 Å². The third-order valence-corrected chi connectivity index (χ3v) is 3.24. The van der Waals surface area contributed by atoms with E-state index in [0.717, 1.165) is 0 Å². The fourth-order valence-corrected chi connectivity index (χ4v) is 2.37. The van der Waals surface area contributed by atoms with Crippen molar-refractivity contribution in [1.29, 1.82) is 0 Å². The Labute approximate surface area is 91.9 Å². The van der Waals surface area contributed by atoms with Crippen LogP contribution in [0.15, 0.2) is 0 Å². The van der Waals surface area contributed by atoms with Gasteiger partial charge in [0.15, 0.2) is 0 Å². The highest BCUT2D eigenvalue weighted by atomic mass is 31.2. The fraction of sp³-hybridized carbons (Fsp3) is 1.00. The van der Waals surface area contributed by atoms with E-state index in [1.54, 1.807) is 0 Å². The number of hydrogen-bond acceptors (Lipinski definition) is 6. The second-order valence-corrected chi connectivity index (χ2v) is 5.06. The predicted octanol–water partition coefficient (Wildman–Crippen LogP) is -2.47. The van der Waals surface area contributed by atoms with Crippen LogP contribution in [0.2, 0.25) is 0 Å². The van der Waals surface area contributed by atoms with Crippen molar-refractivity contribution in [3.63, 3.8) is 0 Å². The molecular formula is C7H16NO7P. The highest BCUT2D eigenvalue weighted by Gasteiger charge is 2.44. The quantitative estimate of drug-likeness (QED) is 0.304. The third-order valence-electron chi connectivity index (χ3n) is 2.70. The molecule has 9 heteroatoms. The van der Waals surface area contributed by atoms with Crippen LogP contribution in [0.25, 0.3) is 0 Å². The summed E-state index contributed by atoms with van der Waals surface area (Å²) in [6, 6.07) is -1.11. The van der Waals surface area contributed by atoms with E-state index in [9.17, 15) is 14.8 Å². The molecule has 0 amide bonds. The summed E-state index contributed by atoms with van der Waals surface area (Å²) in [6.07, 6.45) is -3.74. The second kappa shape index (κ2) is 5.07. The van der Waals surface area contributed by atoms with E-state index >= 15 is 0 Å². The first-order valence-electron chi connectivity index (χ1n) is 4.72. The van der Waals surface area contributed by atoms with Crippen LogP contribution >= 0.6 is 7.82 Å². The summed E-state index contributed by atoms with van der Waals surface area (Å²) in [5, 5.41) is 27.9. The summed E-state index contributed by atoms with van der Waals surface area (Å²) >= 11 is 0. The minimum Gasteiger partial charge on any atom is -0.396 e. The number of phosphoric ester groups is 1. The Kier molecular flexibility index (Phi) is 4.44. The molecule has 1 fully saturated rings. The highest BCUT2D eigenvalue weighted by Crippen LogP contribution is 2.41. The maximum Gasteiger partial charge on any atom is 0.469 e. The van der Waals surface area contributed by atoms with Crippen LogP contribution in [-0.2, 0) is 9.09 Å². The van der Waals surface area contributed by atoms with Gasteiger partial charge in [-0.15, -0.1) is 0 Å². The Balaban J connectivity index is 2.75. The Morgan fingerprint density at radius 2 is 1.88 bits per heavy atom. The van der Waals surface area contributed by atoms with Gasteiger partial charge in [0, 0.05) is 12.5 Å². The minimum atomic E-state index is -4.71. The summed E-state index contributed by atoms with van der Waals surface area (Å²) in [6.45, 7) is -0.425. The van der Waals surface area contributed by atoms with Crippen molar-refractivity contribution in [3.05, 3.63) is 0 Å². The summed E-state index contributed by atoms with van der Waals surface area (Å²) in [5.41, 5.74) is 5.48. The molecule has 8 nitrogen and oxygen atoms in total. The molecule has 2 unspecified atom stereocenters. The van der Waals surface area contributed by atoms with Crippen molar-refractivity contribution >= 4 is 7.82 Å². The normalized spacial score (nSPS) is 41.0. The standard InChI is InChI=1S/C7H16NO7P/c8-5-4(15-16(12,13)14)1-3(2-9)6(10)7(5)11/h3-7,9-11H,1-2,8H2,(H2,12,13,14)/t3?,4-,5?,6-,7+/m0/s1. The van der Waals surface area contributed by atoms with Gasteiger partial charge in [-0.3, -0.25) is 4.52 Å². The molecule has 96 valence electrons. The number of rotatable bonds is 3.